The third kappa shape index (κ3) is 1.56. The molecule has 0 amide bonds. The van der Waals surface area contributed by atoms with E-state index in [2.05, 4.69) is 23.1 Å². The zero-order valence-corrected chi connectivity index (χ0v) is 7.83. The van der Waals surface area contributed by atoms with Gasteiger partial charge in [-0.1, -0.05) is 6.08 Å². The molecular weight excluding hydrogens is 150 g/mol. The molecule has 1 aromatic heterocycles. The second-order valence-corrected chi connectivity index (χ2v) is 2.84. The summed E-state index contributed by atoms with van der Waals surface area (Å²) in [5.74, 6) is 0. The number of rotatable bonds is 3. The number of aromatic nitrogens is 2. The highest BCUT2D eigenvalue weighted by molar-refractivity contribution is 5.16. The summed E-state index contributed by atoms with van der Waals surface area (Å²) in [5.41, 5.74) is 2.18. The van der Waals surface area contributed by atoms with Crippen molar-refractivity contribution < 1.29 is 0 Å². The van der Waals surface area contributed by atoms with Gasteiger partial charge in [-0.05, 0) is 20.0 Å². The summed E-state index contributed by atoms with van der Waals surface area (Å²) in [4.78, 5) is 0. The first-order chi connectivity index (χ1) is 5.69. The molecule has 1 unspecified atom stereocenters. The highest BCUT2D eigenvalue weighted by Gasteiger charge is 2.09. The molecular formula is C9H15N3. The van der Waals surface area contributed by atoms with Gasteiger partial charge in [-0.15, -0.1) is 6.58 Å². The van der Waals surface area contributed by atoms with Gasteiger partial charge in [-0.25, -0.2) is 0 Å². The van der Waals surface area contributed by atoms with Crippen molar-refractivity contribution >= 4 is 0 Å². The van der Waals surface area contributed by atoms with Gasteiger partial charge in [0.15, 0.2) is 0 Å². The molecule has 66 valence electrons. The van der Waals surface area contributed by atoms with E-state index in [9.17, 15) is 0 Å². The lowest BCUT2D eigenvalue weighted by molar-refractivity contribution is 0.618. The minimum Gasteiger partial charge on any atom is -0.309 e. The molecule has 3 nitrogen and oxygen atoms in total. The van der Waals surface area contributed by atoms with E-state index in [-0.39, 0.29) is 6.04 Å². The first-order valence-corrected chi connectivity index (χ1v) is 3.99. The number of nitrogens with zero attached hydrogens (tertiary/aromatic N) is 2. The first-order valence-electron chi connectivity index (χ1n) is 3.99. The Bertz CT molecular complexity index is 275. The molecule has 1 atom stereocenters. The van der Waals surface area contributed by atoms with Crippen LogP contribution in [0.3, 0.4) is 0 Å². The number of hydrogen-bond donors (Lipinski definition) is 1. The molecule has 0 radical (unpaired) electrons. The molecule has 1 rings (SSSR count). The Morgan fingerprint density at radius 1 is 1.75 bits per heavy atom. The highest BCUT2D eigenvalue weighted by Crippen LogP contribution is 2.13. The maximum Gasteiger partial charge on any atom is 0.0672 e. The van der Waals surface area contributed by atoms with Crippen molar-refractivity contribution in [2.45, 2.75) is 13.0 Å². The zero-order chi connectivity index (χ0) is 9.14. The molecule has 0 saturated heterocycles. The summed E-state index contributed by atoms with van der Waals surface area (Å²) in [7, 11) is 3.85. The largest absolute Gasteiger partial charge is 0.309 e. The van der Waals surface area contributed by atoms with Crippen LogP contribution in [0.5, 0.6) is 0 Å². The number of aryl methyl sites for hydroxylation is 2. The zero-order valence-electron chi connectivity index (χ0n) is 7.83. The summed E-state index contributed by atoms with van der Waals surface area (Å²) in [6.07, 6.45) is 1.87. The van der Waals surface area contributed by atoms with E-state index in [1.807, 2.05) is 31.8 Å². The molecule has 1 N–H and O–H groups in total. The average Bonchev–Trinajstić information content (AvgIpc) is 2.34. The van der Waals surface area contributed by atoms with Crippen LogP contribution in [0.4, 0.5) is 0 Å². The van der Waals surface area contributed by atoms with E-state index >= 15 is 0 Å². The fourth-order valence-corrected chi connectivity index (χ4v) is 1.31. The number of hydrogen-bond acceptors (Lipinski definition) is 2. The SMILES string of the molecule is C=CC(NC)c1cc(C)nn1C. The third-order valence-corrected chi connectivity index (χ3v) is 1.90. The van der Waals surface area contributed by atoms with Crippen molar-refractivity contribution in [3.8, 4) is 0 Å². The van der Waals surface area contributed by atoms with Crippen molar-refractivity contribution in [1.29, 1.82) is 0 Å². The van der Waals surface area contributed by atoms with Crippen LogP contribution in [0.1, 0.15) is 17.4 Å². The van der Waals surface area contributed by atoms with Gasteiger partial charge in [-0.3, -0.25) is 4.68 Å². The minimum atomic E-state index is 0.191. The van der Waals surface area contributed by atoms with Gasteiger partial charge in [-0.2, -0.15) is 5.10 Å². The van der Waals surface area contributed by atoms with E-state index in [0.717, 1.165) is 11.4 Å². The van der Waals surface area contributed by atoms with Crippen LogP contribution < -0.4 is 5.32 Å². The Kier molecular flexibility index (Phi) is 2.65. The van der Waals surface area contributed by atoms with Gasteiger partial charge >= 0.3 is 0 Å². The third-order valence-electron chi connectivity index (χ3n) is 1.90. The van der Waals surface area contributed by atoms with Crippen molar-refractivity contribution in [1.82, 2.24) is 15.1 Å². The van der Waals surface area contributed by atoms with Crippen LogP contribution in [-0.4, -0.2) is 16.8 Å². The van der Waals surface area contributed by atoms with Crippen molar-refractivity contribution in [2.24, 2.45) is 7.05 Å². The second-order valence-electron chi connectivity index (χ2n) is 2.84. The van der Waals surface area contributed by atoms with E-state index in [4.69, 9.17) is 0 Å². The standard InChI is InChI=1S/C9H15N3/c1-5-8(10-3)9-6-7(2)11-12(9)4/h5-6,8,10H,1H2,2-4H3. The predicted molar refractivity (Wildman–Crippen MR) is 49.9 cm³/mol. The molecule has 0 saturated carbocycles. The van der Waals surface area contributed by atoms with Crippen molar-refractivity contribution in [3.05, 3.63) is 30.1 Å². The maximum absolute atomic E-state index is 4.26. The van der Waals surface area contributed by atoms with Gasteiger partial charge in [0.05, 0.1) is 17.4 Å². The molecule has 3 heteroatoms. The van der Waals surface area contributed by atoms with Crippen LogP contribution in [-0.2, 0) is 7.05 Å². The van der Waals surface area contributed by atoms with Crippen molar-refractivity contribution in [2.75, 3.05) is 7.05 Å². The highest BCUT2D eigenvalue weighted by atomic mass is 15.3. The van der Waals surface area contributed by atoms with E-state index in [1.54, 1.807) is 0 Å². The number of likely N-dealkylation sites (N-methyl/N-ethyl adjacent to an activating group) is 1. The molecule has 0 aromatic carbocycles. The monoisotopic (exact) mass is 165 g/mol. The molecule has 12 heavy (non-hydrogen) atoms. The maximum atomic E-state index is 4.26. The second kappa shape index (κ2) is 3.54. The molecule has 1 heterocycles. The molecule has 0 bridgehead atoms. The van der Waals surface area contributed by atoms with Crippen molar-refractivity contribution in [3.63, 3.8) is 0 Å². The normalized spacial score (nSPS) is 12.9. The van der Waals surface area contributed by atoms with Crippen LogP contribution >= 0.6 is 0 Å². The molecule has 0 fully saturated rings. The van der Waals surface area contributed by atoms with Crippen LogP contribution in [0.2, 0.25) is 0 Å². The molecule has 1 aromatic rings. The summed E-state index contributed by atoms with van der Waals surface area (Å²) in [6.45, 7) is 5.74. The van der Waals surface area contributed by atoms with Crippen LogP contribution in [0.15, 0.2) is 18.7 Å². The fraction of sp³-hybridized carbons (Fsp3) is 0.444. The molecule has 0 aliphatic carbocycles. The summed E-state index contributed by atoms with van der Waals surface area (Å²) >= 11 is 0. The Balaban J connectivity index is 2.99. The fourth-order valence-electron chi connectivity index (χ4n) is 1.31. The Hall–Kier alpha value is -1.09. The van der Waals surface area contributed by atoms with E-state index < -0.39 is 0 Å². The lowest BCUT2D eigenvalue weighted by atomic mass is 10.2. The van der Waals surface area contributed by atoms with Gasteiger partial charge < -0.3 is 5.32 Å². The van der Waals surface area contributed by atoms with Crippen LogP contribution in [0, 0.1) is 6.92 Å². The Morgan fingerprint density at radius 3 is 2.75 bits per heavy atom. The lowest BCUT2D eigenvalue weighted by Gasteiger charge is -2.10. The average molecular weight is 165 g/mol. The molecule has 0 spiro atoms. The van der Waals surface area contributed by atoms with Gasteiger partial charge in [0.1, 0.15) is 0 Å². The Morgan fingerprint density at radius 2 is 2.42 bits per heavy atom. The summed E-state index contributed by atoms with van der Waals surface area (Å²) < 4.78 is 1.87. The van der Waals surface area contributed by atoms with E-state index in [0.29, 0.717) is 0 Å². The first kappa shape index (κ1) is 9.00. The molecule has 0 aliphatic heterocycles. The van der Waals surface area contributed by atoms with Gasteiger partial charge in [0.25, 0.3) is 0 Å². The van der Waals surface area contributed by atoms with Crippen LogP contribution in [0.25, 0.3) is 0 Å². The minimum absolute atomic E-state index is 0.191. The topological polar surface area (TPSA) is 29.9 Å². The Labute approximate surface area is 73.1 Å². The quantitative estimate of drug-likeness (QED) is 0.681. The summed E-state index contributed by atoms with van der Waals surface area (Å²) in [6, 6.07) is 2.25. The molecule has 0 aliphatic rings. The number of nitrogens with one attached hydrogen (secondary N) is 1. The predicted octanol–water partition coefficient (Wildman–Crippen LogP) is 1.18. The summed E-state index contributed by atoms with van der Waals surface area (Å²) in [5, 5.41) is 7.40. The van der Waals surface area contributed by atoms with Gasteiger partial charge in [0, 0.05) is 7.05 Å². The van der Waals surface area contributed by atoms with E-state index in [1.165, 1.54) is 0 Å². The van der Waals surface area contributed by atoms with Gasteiger partial charge in [0.2, 0.25) is 0 Å². The lowest BCUT2D eigenvalue weighted by Crippen LogP contribution is -2.16. The smallest absolute Gasteiger partial charge is 0.0672 e.